The van der Waals surface area contributed by atoms with E-state index < -0.39 is 6.10 Å². The lowest BCUT2D eigenvalue weighted by molar-refractivity contribution is -0.159. The summed E-state index contributed by atoms with van der Waals surface area (Å²) in [7, 11) is 0. The summed E-state index contributed by atoms with van der Waals surface area (Å²) < 4.78 is 11.5. The number of hydrogen-bond acceptors (Lipinski definition) is 3. The molecule has 21 heavy (non-hydrogen) atoms. The van der Waals surface area contributed by atoms with Gasteiger partial charge in [-0.3, -0.25) is 0 Å². The standard InChI is InChI=1S/C17H23ClO3/c1-12-8-14(10-15(18)9-12)16(19)13-2-5-21-17(11-13)3-6-20-7-4-17/h8-10,13,16,19H,2-7,11H2,1H3. The van der Waals surface area contributed by atoms with E-state index in [2.05, 4.69) is 0 Å². The lowest BCUT2D eigenvalue weighted by Gasteiger charge is -2.44. The quantitative estimate of drug-likeness (QED) is 0.906. The Bertz CT molecular complexity index is 471. The van der Waals surface area contributed by atoms with Crippen molar-refractivity contribution < 1.29 is 14.6 Å². The van der Waals surface area contributed by atoms with Gasteiger partial charge in [-0.25, -0.2) is 0 Å². The van der Waals surface area contributed by atoms with Crippen molar-refractivity contribution >= 4 is 11.6 Å². The van der Waals surface area contributed by atoms with Crippen molar-refractivity contribution in [1.29, 1.82) is 0 Å². The Balaban J connectivity index is 1.76. The molecule has 2 aliphatic heterocycles. The number of ether oxygens (including phenoxy) is 2. The number of halogens is 1. The first-order valence-electron chi connectivity index (χ1n) is 7.75. The van der Waals surface area contributed by atoms with Gasteiger partial charge in [0.1, 0.15) is 0 Å². The first kappa shape index (κ1) is 15.3. The minimum Gasteiger partial charge on any atom is -0.388 e. The molecular formula is C17H23ClO3. The van der Waals surface area contributed by atoms with Crippen molar-refractivity contribution in [2.75, 3.05) is 19.8 Å². The number of aliphatic hydroxyl groups is 1. The van der Waals surface area contributed by atoms with Crippen LogP contribution in [-0.4, -0.2) is 30.5 Å². The van der Waals surface area contributed by atoms with Gasteiger partial charge >= 0.3 is 0 Å². The second-order valence-electron chi connectivity index (χ2n) is 6.40. The summed E-state index contributed by atoms with van der Waals surface area (Å²) in [4.78, 5) is 0. The van der Waals surface area contributed by atoms with Gasteiger partial charge < -0.3 is 14.6 Å². The molecule has 0 saturated carbocycles. The molecule has 4 heteroatoms. The number of benzene rings is 1. The Morgan fingerprint density at radius 1 is 1.24 bits per heavy atom. The largest absolute Gasteiger partial charge is 0.388 e. The van der Waals surface area contributed by atoms with Crippen LogP contribution in [0.1, 0.15) is 42.9 Å². The zero-order valence-electron chi connectivity index (χ0n) is 12.5. The maximum atomic E-state index is 10.8. The molecule has 3 nitrogen and oxygen atoms in total. The fourth-order valence-electron chi connectivity index (χ4n) is 3.63. The van der Waals surface area contributed by atoms with Crippen LogP contribution < -0.4 is 0 Å². The molecule has 1 aromatic rings. The monoisotopic (exact) mass is 310 g/mol. The summed E-state index contributed by atoms with van der Waals surface area (Å²) in [6, 6.07) is 5.83. The predicted octanol–water partition coefficient (Wildman–Crippen LogP) is 3.66. The first-order valence-corrected chi connectivity index (χ1v) is 8.13. The molecule has 2 aliphatic rings. The smallest absolute Gasteiger partial charge is 0.0820 e. The predicted molar refractivity (Wildman–Crippen MR) is 82.6 cm³/mol. The van der Waals surface area contributed by atoms with Gasteiger partial charge in [0.05, 0.1) is 11.7 Å². The van der Waals surface area contributed by atoms with Crippen LogP contribution in [0.3, 0.4) is 0 Å². The van der Waals surface area contributed by atoms with Crippen molar-refractivity contribution in [3.63, 3.8) is 0 Å². The minimum absolute atomic E-state index is 0.0875. The topological polar surface area (TPSA) is 38.7 Å². The molecule has 2 saturated heterocycles. The van der Waals surface area contributed by atoms with Crippen molar-refractivity contribution in [2.45, 2.75) is 44.3 Å². The third kappa shape index (κ3) is 3.42. The summed E-state index contributed by atoms with van der Waals surface area (Å²) in [5.41, 5.74) is 1.92. The van der Waals surface area contributed by atoms with Gasteiger partial charge in [0.2, 0.25) is 0 Å². The van der Waals surface area contributed by atoms with E-state index in [1.807, 2.05) is 25.1 Å². The Hall–Kier alpha value is -0.610. The van der Waals surface area contributed by atoms with Crippen LogP contribution in [-0.2, 0) is 9.47 Å². The van der Waals surface area contributed by atoms with Crippen LogP contribution in [0.2, 0.25) is 5.02 Å². The number of aliphatic hydroxyl groups excluding tert-OH is 1. The van der Waals surface area contributed by atoms with Crippen molar-refractivity contribution in [1.82, 2.24) is 0 Å². The minimum atomic E-state index is -0.467. The van der Waals surface area contributed by atoms with E-state index in [4.69, 9.17) is 21.1 Å². The van der Waals surface area contributed by atoms with Crippen LogP contribution in [0.25, 0.3) is 0 Å². The molecule has 1 aromatic carbocycles. The van der Waals surface area contributed by atoms with E-state index in [1.54, 1.807) is 0 Å². The molecule has 0 aliphatic carbocycles. The van der Waals surface area contributed by atoms with E-state index in [0.29, 0.717) is 5.02 Å². The number of rotatable bonds is 2. The van der Waals surface area contributed by atoms with Crippen LogP contribution >= 0.6 is 11.6 Å². The van der Waals surface area contributed by atoms with Crippen LogP contribution in [0.4, 0.5) is 0 Å². The van der Waals surface area contributed by atoms with Crippen LogP contribution in [0.5, 0.6) is 0 Å². The fourth-order valence-corrected chi connectivity index (χ4v) is 3.93. The third-order valence-corrected chi connectivity index (χ3v) is 5.01. The molecule has 2 fully saturated rings. The Kier molecular flexibility index (Phi) is 4.55. The van der Waals surface area contributed by atoms with Gasteiger partial charge in [-0.2, -0.15) is 0 Å². The van der Waals surface area contributed by atoms with Gasteiger partial charge in [-0.1, -0.05) is 17.7 Å². The Morgan fingerprint density at radius 2 is 2.00 bits per heavy atom. The number of aryl methyl sites for hydroxylation is 1. The van der Waals surface area contributed by atoms with Crippen molar-refractivity contribution in [3.8, 4) is 0 Å². The van der Waals surface area contributed by atoms with E-state index in [-0.39, 0.29) is 11.5 Å². The highest BCUT2D eigenvalue weighted by molar-refractivity contribution is 6.30. The average Bonchev–Trinajstić information content (AvgIpc) is 2.46. The van der Waals surface area contributed by atoms with Gasteiger partial charge in [0, 0.05) is 24.8 Å². The molecule has 3 rings (SSSR count). The molecule has 116 valence electrons. The molecule has 0 radical (unpaired) electrons. The molecule has 0 amide bonds. The second kappa shape index (κ2) is 6.25. The molecule has 0 bridgehead atoms. The third-order valence-electron chi connectivity index (χ3n) is 4.79. The van der Waals surface area contributed by atoms with Crippen LogP contribution in [0, 0.1) is 12.8 Å². The number of hydrogen-bond donors (Lipinski definition) is 1. The van der Waals surface area contributed by atoms with Gasteiger partial charge in [0.15, 0.2) is 0 Å². The molecule has 1 N–H and O–H groups in total. The maximum Gasteiger partial charge on any atom is 0.0820 e. The molecule has 2 atom stereocenters. The summed E-state index contributed by atoms with van der Waals surface area (Å²) in [5, 5.41) is 11.5. The zero-order chi connectivity index (χ0) is 14.9. The SMILES string of the molecule is Cc1cc(Cl)cc(C(O)C2CCOC3(CCOCC3)C2)c1. The summed E-state index contributed by atoms with van der Waals surface area (Å²) in [6.45, 7) is 4.26. The first-order chi connectivity index (χ1) is 10.1. The van der Waals surface area contributed by atoms with Gasteiger partial charge in [-0.05, 0) is 61.8 Å². The molecule has 1 spiro atoms. The van der Waals surface area contributed by atoms with E-state index in [0.717, 1.165) is 56.6 Å². The highest BCUT2D eigenvalue weighted by Crippen LogP contribution is 2.42. The average molecular weight is 311 g/mol. The Labute approximate surface area is 131 Å². The lowest BCUT2D eigenvalue weighted by atomic mass is 9.77. The molecule has 2 heterocycles. The summed E-state index contributed by atoms with van der Waals surface area (Å²) in [5.74, 6) is 0.231. The van der Waals surface area contributed by atoms with Gasteiger partial charge in [0.25, 0.3) is 0 Å². The zero-order valence-corrected chi connectivity index (χ0v) is 13.2. The summed E-state index contributed by atoms with van der Waals surface area (Å²) >= 11 is 6.12. The fraction of sp³-hybridized carbons (Fsp3) is 0.647. The lowest BCUT2D eigenvalue weighted by Crippen LogP contribution is -2.45. The van der Waals surface area contributed by atoms with Gasteiger partial charge in [-0.15, -0.1) is 0 Å². The van der Waals surface area contributed by atoms with Crippen molar-refractivity contribution in [3.05, 3.63) is 34.3 Å². The molecule has 2 unspecified atom stereocenters. The second-order valence-corrected chi connectivity index (χ2v) is 6.84. The van der Waals surface area contributed by atoms with E-state index in [1.165, 1.54) is 0 Å². The Morgan fingerprint density at radius 3 is 2.71 bits per heavy atom. The van der Waals surface area contributed by atoms with Crippen molar-refractivity contribution in [2.24, 2.45) is 5.92 Å². The summed E-state index contributed by atoms with van der Waals surface area (Å²) in [6.07, 6.45) is 3.21. The molecular weight excluding hydrogens is 288 g/mol. The highest BCUT2D eigenvalue weighted by Gasteiger charge is 2.41. The van der Waals surface area contributed by atoms with Crippen LogP contribution in [0.15, 0.2) is 18.2 Å². The van der Waals surface area contributed by atoms with E-state index in [9.17, 15) is 5.11 Å². The highest BCUT2D eigenvalue weighted by atomic mass is 35.5. The maximum absolute atomic E-state index is 10.8. The van der Waals surface area contributed by atoms with E-state index >= 15 is 0 Å². The molecule has 0 aromatic heterocycles. The normalized spacial score (nSPS) is 26.7.